The van der Waals surface area contributed by atoms with Gasteiger partial charge in [-0.05, 0) is 18.3 Å². The van der Waals surface area contributed by atoms with Gasteiger partial charge in [-0.1, -0.05) is 27.7 Å². The van der Waals surface area contributed by atoms with Crippen LogP contribution in [0.15, 0.2) is 6.33 Å². The molecule has 0 aliphatic heterocycles. The molecule has 1 rings (SSSR count). The number of hydrogen-bond acceptors (Lipinski definition) is 3. The molecule has 0 fully saturated rings. The van der Waals surface area contributed by atoms with Crippen LogP contribution in [-0.2, 0) is 6.54 Å². The van der Waals surface area contributed by atoms with Crippen molar-refractivity contribution in [3.63, 3.8) is 0 Å². The monoisotopic (exact) mass is 210 g/mol. The van der Waals surface area contributed by atoms with E-state index in [0.29, 0.717) is 11.8 Å². The molecule has 4 nitrogen and oxygen atoms in total. The molecule has 0 spiro atoms. The second-order valence-corrected chi connectivity index (χ2v) is 4.97. The van der Waals surface area contributed by atoms with Gasteiger partial charge in [0.05, 0.1) is 6.04 Å². The van der Waals surface area contributed by atoms with Crippen LogP contribution >= 0.6 is 0 Å². The minimum Gasteiger partial charge on any atom is -0.321 e. The van der Waals surface area contributed by atoms with Gasteiger partial charge in [0.15, 0.2) is 0 Å². The summed E-state index contributed by atoms with van der Waals surface area (Å²) < 4.78 is 2.07. The number of nitrogens with two attached hydrogens (primary N) is 1. The first kappa shape index (κ1) is 12.2. The molecule has 0 radical (unpaired) electrons. The molecule has 0 amide bonds. The third-order valence-electron chi connectivity index (χ3n) is 2.26. The zero-order chi connectivity index (χ0) is 11.4. The molecular formula is C11H22N4. The Morgan fingerprint density at radius 1 is 1.27 bits per heavy atom. The molecule has 86 valence electrons. The minimum absolute atomic E-state index is 0.00579. The zero-order valence-corrected chi connectivity index (χ0v) is 10.1. The van der Waals surface area contributed by atoms with E-state index in [0.717, 1.165) is 18.8 Å². The average Bonchev–Trinajstić information content (AvgIpc) is 2.49. The van der Waals surface area contributed by atoms with Gasteiger partial charge in [-0.3, -0.25) is 0 Å². The molecule has 1 atom stereocenters. The van der Waals surface area contributed by atoms with Gasteiger partial charge in [0.2, 0.25) is 0 Å². The summed E-state index contributed by atoms with van der Waals surface area (Å²) in [6.07, 6.45) is 2.73. The Bertz CT molecular complexity index is 291. The predicted molar refractivity (Wildman–Crippen MR) is 61.2 cm³/mol. The van der Waals surface area contributed by atoms with Crippen molar-refractivity contribution in [1.82, 2.24) is 14.8 Å². The molecular weight excluding hydrogens is 188 g/mol. The molecule has 4 heteroatoms. The van der Waals surface area contributed by atoms with Crippen molar-refractivity contribution in [3.8, 4) is 0 Å². The summed E-state index contributed by atoms with van der Waals surface area (Å²) in [5.74, 6) is 2.09. The lowest BCUT2D eigenvalue weighted by molar-refractivity contribution is 0.447. The van der Waals surface area contributed by atoms with Crippen molar-refractivity contribution >= 4 is 0 Å². The van der Waals surface area contributed by atoms with Crippen LogP contribution in [0.4, 0.5) is 0 Å². The standard InChI is InChI=1S/C11H22N4/c1-8(2)5-10(12)11-14-13-7-15(11)6-9(3)4/h7-10H,5-6,12H2,1-4H3. The Morgan fingerprint density at radius 3 is 2.47 bits per heavy atom. The Balaban J connectivity index is 2.71. The van der Waals surface area contributed by atoms with Crippen molar-refractivity contribution in [3.05, 3.63) is 12.2 Å². The van der Waals surface area contributed by atoms with Crippen LogP contribution in [0.2, 0.25) is 0 Å². The first-order chi connectivity index (χ1) is 7.00. The summed E-state index contributed by atoms with van der Waals surface area (Å²) in [7, 11) is 0. The smallest absolute Gasteiger partial charge is 0.149 e. The molecule has 0 aliphatic carbocycles. The molecule has 1 unspecified atom stereocenters. The summed E-state index contributed by atoms with van der Waals surface area (Å²) in [4.78, 5) is 0. The minimum atomic E-state index is 0.00579. The molecule has 15 heavy (non-hydrogen) atoms. The largest absolute Gasteiger partial charge is 0.321 e. The highest BCUT2D eigenvalue weighted by atomic mass is 15.3. The van der Waals surface area contributed by atoms with Gasteiger partial charge in [-0.25, -0.2) is 0 Å². The maximum Gasteiger partial charge on any atom is 0.149 e. The predicted octanol–water partition coefficient (Wildman–Crippen LogP) is 1.98. The van der Waals surface area contributed by atoms with Crippen LogP contribution in [0.3, 0.4) is 0 Å². The molecule has 1 aromatic rings. The zero-order valence-electron chi connectivity index (χ0n) is 10.1. The van der Waals surface area contributed by atoms with E-state index in [-0.39, 0.29) is 6.04 Å². The lowest BCUT2D eigenvalue weighted by Crippen LogP contribution is -2.19. The van der Waals surface area contributed by atoms with Crippen molar-refractivity contribution in [1.29, 1.82) is 0 Å². The molecule has 0 saturated heterocycles. The second-order valence-electron chi connectivity index (χ2n) is 4.97. The number of nitrogens with zero attached hydrogens (tertiary/aromatic N) is 3. The first-order valence-electron chi connectivity index (χ1n) is 5.64. The fourth-order valence-electron chi connectivity index (χ4n) is 1.70. The third kappa shape index (κ3) is 3.63. The highest BCUT2D eigenvalue weighted by Crippen LogP contribution is 2.17. The average molecular weight is 210 g/mol. The van der Waals surface area contributed by atoms with E-state index in [1.54, 1.807) is 6.33 Å². The second kappa shape index (κ2) is 5.26. The summed E-state index contributed by atoms with van der Waals surface area (Å²) in [6, 6.07) is 0.00579. The van der Waals surface area contributed by atoms with Crippen molar-refractivity contribution in [2.24, 2.45) is 17.6 Å². The van der Waals surface area contributed by atoms with Gasteiger partial charge in [-0.15, -0.1) is 10.2 Å². The SMILES string of the molecule is CC(C)CC(N)c1nncn1CC(C)C. The molecule has 0 aliphatic rings. The Morgan fingerprint density at radius 2 is 1.93 bits per heavy atom. The van der Waals surface area contributed by atoms with E-state index in [4.69, 9.17) is 5.73 Å². The maximum atomic E-state index is 6.09. The Hall–Kier alpha value is -0.900. The van der Waals surface area contributed by atoms with Crippen LogP contribution in [0.25, 0.3) is 0 Å². The number of aromatic nitrogens is 3. The summed E-state index contributed by atoms with van der Waals surface area (Å²) in [5, 5.41) is 8.05. The normalized spacial score (nSPS) is 13.8. The topological polar surface area (TPSA) is 56.7 Å². The van der Waals surface area contributed by atoms with Crippen molar-refractivity contribution in [2.75, 3.05) is 0 Å². The van der Waals surface area contributed by atoms with Gasteiger partial charge in [0.1, 0.15) is 12.2 Å². The van der Waals surface area contributed by atoms with Gasteiger partial charge >= 0.3 is 0 Å². The molecule has 2 N–H and O–H groups in total. The van der Waals surface area contributed by atoms with Crippen LogP contribution in [-0.4, -0.2) is 14.8 Å². The lowest BCUT2D eigenvalue weighted by atomic mass is 10.0. The summed E-state index contributed by atoms with van der Waals surface area (Å²) in [6.45, 7) is 9.63. The summed E-state index contributed by atoms with van der Waals surface area (Å²) >= 11 is 0. The Labute approximate surface area is 91.9 Å². The number of hydrogen-bond donors (Lipinski definition) is 1. The van der Waals surface area contributed by atoms with Gasteiger partial charge in [-0.2, -0.15) is 0 Å². The first-order valence-corrected chi connectivity index (χ1v) is 5.64. The molecule has 1 heterocycles. The van der Waals surface area contributed by atoms with Crippen LogP contribution < -0.4 is 5.73 Å². The highest BCUT2D eigenvalue weighted by Gasteiger charge is 2.15. The van der Waals surface area contributed by atoms with E-state index in [1.807, 2.05) is 0 Å². The van der Waals surface area contributed by atoms with Crippen LogP contribution in [0.1, 0.15) is 46.0 Å². The van der Waals surface area contributed by atoms with Crippen molar-refractivity contribution < 1.29 is 0 Å². The van der Waals surface area contributed by atoms with E-state index < -0.39 is 0 Å². The molecule has 0 saturated carbocycles. The van der Waals surface area contributed by atoms with Gasteiger partial charge in [0, 0.05) is 6.54 Å². The van der Waals surface area contributed by atoms with Crippen LogP contribution in [0, 0.1) is 11.8 Å². The molecule has 0 bridgehead atoms. The highest BCUT2D eigenvalue weighted by molar-refractivity contribution is 4.94. The quantitative estimate of drug-likeness (QED) is 0.808. The van der Waals surface area contributed by atoms with Gasteiger partial charge < -0.3 is 10.3 Å². The molecule has 1 aromatic heterocycles. The number of rotatable bonds is 5. The van der Waals surface area contributed by atoms with E-state index in [1.165, 1.54) is 0 Å². The van der Waals surface area contributed by atoms with Gasteiger partial charge in [0.25, 0.3) is 0 Å². The molecule has 0 aromatic carbocycles. The van der Waals surface area contributed by atoms with Crippen molar-refractivity contribution in [2.45, 2.75) is 46.7 Å². The maximum absolute atomic E-state index is 6.09. The van der Waals surface area contributed by atoms with E-state index in [9.17, 15) is 0 Å². The third-order valence-corrected chi connectivity index (χ3v) is 2.26. The van der Waals surface area contributed by atoms with Crippen LogP contribution in [0.5, 0.6) is 0 Å². The van der Waals surface area contributed by atoms with E-state index >= 15 is 0 Å². The fourth-order valence-corrected chi connectivity index (χ4v) is 1.70. The Kier molecular flexibility index (Phi) is 4.27. The van der Waals surface area contributed by atoms with E-state index in [2.05, 4.69) is 42.5 Å². The fraction of sp³-hybridized carbons (Fsp3) is 0.818. The summed E-state index contributed by atoms with van der Waals surface area (Å²) in [5.41, 5.74) is 6.09. The lowest BCUT2D eigenvalue weighted by Gasteiger charge is -2.15.